The number of fused-ring (bicyclic) bond motifs is 15. The summed E-state index contributed by atoms with van der Waals surface area (Å²) in [5.41, 5.74) is 22.6. The quantitative estimate of drug-likeness (QED) is 0.177. The summed E-state index contributed by atoms with van der Waals surface area (Å²) in [6, 6.07) is 74.0. The molecule has 0 N–H and O–H groups in total. The predicted octanol–water partition coefficient (Wildman–Crippen LogP) is 15.9. The molecule has 0 bridgehead atoms. The van der Waals surface area contributed by atoms with Crippen molar-refractivity contribution in [2.24, 2.45) is 0 Å². The molecule has 0 unspecified atom stereocenters. The molecule has 62 heavy (non-hydrogen) atoms. The lowest BCUT2D eigenvalue weighted by molar-refractivity contribution is 0.660. The number of furan rings is 1. The fraction of sp³-hybridized carbons (Fsp3) is 0.0667. The summed E-state index contributed by atoms with van der Waals surface area (Å²) in [6.07, 6.45) is 4.59. The molecule has 3 aliphatic carbocycles. The molecule has 1 aromatic heterocycles. The standard InChI is InChI=1S/C60H41NO/c1-59(2)52-22-10-5-16-45(52)46-34-32-42(36-55(46)59)61(43-33-35-48-47-17-7-12-25-56(47)62-57(48)37-43)41-30-28-38(29-31-41)44-19-13-24-54-58(44)49-18-6-11-23-53(49)60(54)50-20-8-3-14-39(50)26-27-40-15-4-9-21-51(40)60/h3-37H,1-2H3. The van der Waals surface area contributed by atoms with Crippen LogP contribution in [0.25, 0.3) is 67.5 Å². The Kier molecular flexibility index (Phi) is 7.31. The van der Waals surface area contributed by atoms with E-state index in [1.54, 1.807) is 0 Å². The van der Waals surface area contributed by atoms with Crippen LogP contribution in [0, 0.1) is 0 Å². The van der Waals surface area contributed by atoms with Gasteiger partial charge in [0.1, 0.15) is 11.2 Å². The maximum absolute atomic E-state index is 6.48. The molecular formula is C60H41NO. The van der Waals surface area contributed by atoms with Gasteiger partial charge >= 0.3 is 0 Å². The van der Waals surface area contributed by atoms with Crippen LogP contribution in [-0.4, -0.2) is 0 Å². The minimum Gasteiger partial charge on any atom is -0.456 e. The number of hydrogen-bond donors (Lipinski definition) is 0. The van der Waals surface area contributed by atoms with Crippen molar-refractivity contribution < 1.29 is 4.42 Å². The molecule has 10 aromatic rings. The Morgan fingerprint density at radius 1 is 0.371 bits per heavy atom. The van der Waals surface area contributed by atoms with Gasteiger partial charge in [-0.2, -0.15) is 0 Å². The van der Waals surface area contributed by atoms with Crippen molar-refractivity contribution in [3.63, 3.8) is 0 Å². The van der Waals surface area contributed by atoms with E-state index in [-0.39, 0.29) is 5.41 Å². The average Bonchev–Trinajstić information content (AvgIpc) is 3.88. The zero-order valence-corrected chi connectivity index (χ0v) is 34.6. The molecule has 3 aliphatic rings. The van der Waals surface area contributed by atoms with Crippen LogP contribution >= 0.6 is 0 Å². The second kappa shape index (κ2) is 12.9. The van der Waals surface area contributed by atoms with Gasteiger partial charge in [0, 0.05) is 39.3 Å². The van der Waals surface area contributed by atoms with Crippen molar-refractivity contribution in [1.82, 2.24) is 0 Å². The van der Waals surface area contributed by atoms with Gasteiger partial charge in [-0.15, -0.1) is 0 Å². The lowest BCUT2D eigenvalue weighted by Gasteiger charge is -2.35. The minimum atomic E-state index is -0.467. The third kappa shape index (κ3) is 4.75. The van der Waals surface area contributed by atoms with E-state index in [0.717, 1.165) is 39.0 Å². The smallest absolute Gasteiger partial charge is 0.137 e. The molecular weight excluding hydrogens is 751 g/mol. The highest BCUT2D eigenvalue weighted by molar-refractivity contribution is 6.06. The molecule has 2 nitrogen and oxygen atoms in total. The second-order valence-electron chi connectivity index (χ2n) is 17.6. The first-order chi connectivity index (χ1) is 30.5. The fourth-order valence-electron chi connectivity index (χ4n) is 11.4. The van der Waals surface area contributed by atoms with Gasteiger partial charge in [0.15, 0.2) is 0 Å². The van der Waals surface area contributed by atoms with E-state index in [1.165, 1.54) is 77.9 Å². The van der Waals surface area contributed by atoms with E-state index in [2.05, 4.69) is 225 Å². The molecule has 292 valence electrons. The highest BCUT2D eigenvalue weighted by atomic mass is 16.3. The second-order valence-corrected chi connectivity index (χ2v) is 17.6. The largest absolute Gasteiger partial charge is 0.456 e. The Hall–Kier alpha value is -7.68. The third-order valence-electron chi connectivity index (χ3n) is 14.1. The molecule has 2 heteroatoms. The SMILES string of the molecule is CC1(C)c2ccccc2-c2ccc(N(c3ccc(-c4cccc5c4-c4ccccc4C54c5ccccc5C=Cc5ccccc54)cc3)c3ccc4c(c3)oc3ccccc34)cc21. The van der Waals surface area contributed by atoms with Crippen LogP contribution < -0.4 is 4.90 Å². The third-order valence-corrected chi connectivity index (χ3v) is 14.1. The topological polar surface area (TPSA) is 16.4 Å². The zero-order valence-electron chi connectivity index (χ0n) is 34.6. The summed E-state index contributed by atoms with van der Waals surface area (Å²) in [4.78, 5) is 2.39. The Labute approximate surface area is 361 Å². The van der Waals surface area contributed by atoms with Gasteiger partial charge in [0.25, 0.3) is 0 Å². The van der Waals surface area contributed by atoms with Crippen LogP contribution in [0.4, 0.5) is 17.1 Å². The summed E-state index contributed by atoms with van der Waals surface area (Å²) in [7, 11) is 0. The van der Waals surface area contributed by atoms with E-state index >= 15 is 0 Å². The van der Waals surface area contributed by atoms with Gasteiger partial charge in [-0.05, 0) is 120 Å². The molecule has 0 radical (unpaired) electrons. The Balaban J connectivity index is 0.989. The van der Waals surface area contributed by atoms with E-state index in [4.69, 9.17) is 4.42 Å². The van der Waals surface area contributed by atoms with Gasteiger partial charge in [-0.3, -0.25) is 0 Å². The van der Waals surface area contributed by atoms with Crippen LogP contribution in [0.3, 0.4) is 0 Å². The van der Waals surface area contributed by atoms with Crippen molar-refractivity contribution in [2.45, 2.75) is 24.7 Å². The van der Waals surface area contributed by atoms with E-state index in [0.29, 0.717) is 0 Å². The number of para-hydroxylation sites is 1. The summed E-state index contributed by atoms with van der Waals surface area (Å²) in [6.45, 7) is 4.70. The average molecular weight is 792 g/mol. The fourth-order valence-corrected chi connectivity index (χ4v) is 11.4. The van der Waals surface area contributed by atoms with Gasteiger partial charge in [0.05, 0.1) is 5.41 Å². The highest BCUT2D eigenvalue weighted by Crippen LogP contribution is 2.60. The van der Waals surface area contributed by atoms with E-state index in [1.807, 2.05) is 6.07 Å². The van der Waals surface area contributed by atoms with Gasteiger partial charge in [-0.1, -0.05) is 178 Å². The maximum atomic E-state index is 6.48. The molecule has 0 amide bonds. The summed E-state index contributed by atoms with van der Waals surface area (Å²) in [5, 5.41) is 2.25. The summed E-state index contributed by atoms with van der Waals surface area (Å²) >= 11 is 0. The number of rotatable bonds is 4. The lowest BCUT2D eigenvalue weighted by Crippen LogP contribution is -2.29. The van der Waals surface area contributed by atoms with Crippen molar-refractivity contribution in [3.05, 3.63) is 245 Å². The van der Waals surface area contributed by atoms with Gasteiger partial charge in [0.2, 0.25) is 0 Å². The van der Waals surface area contributed by atoms with Crippen LogP contribution in [0.5, 0.6) is 0 Å². The first-order valence-electron chi connectivity index (χ1n) is 21.7. The molecule has 0 atom stereocenters. The van der Waals surface area contributed by atoms with Crippen molar-refractivity contribution in [1.29, 1.82) is 0 Å². The number of anilines is 3. The summed E-state index contributed by atoms with van der Waals surface area (Å²) < 4.78 is 6.48. The van der Waals surface area contributed by atoms with Crippen LogP contribution in [0.1, 0.15) is 58.4 Å². The number of benzene rings is 9. The molecule has 1 spiro atoms. The molecule has 9 aromatic carbocycles. The van der Waals surface area contributed by atoms with Crippen molar-refractivity contribution in [2.75, 3.05) is 4.90 Å². The van der Waals surface area contributed by atoms with Crippen molar-refractivity contribution >= 4 is 51.2 Å². The number of nitrogens with zero attached hydrogens (tertiary/aromatic N) is 1. The van der Waals surface area contributed by atoms with E-state index in [9.17, 15) is 0 Å². The first-order valence-corrected chi connectivity index (χ1v) is 21.7. The number of hydrogen-bond acceptors (Lipinski definition) is 2. The van der Waals surface area contributed by atoms with Gasteiger partial charge in [-0.25, -0.2) is 0 Å². The Morgan fingerprint density at radius 3 is 1.69 bits per heavy atom. The minimum absolute atomic E-state index is 0.129. The Morgan fingerprint density at radius 2 is 0.919 bits per heavy atom. The first kappa shape index (κ1) is 35.1. The molecule has 0 saturated carbocycles. The molecule has 1 heterocycles. The highest BCUT2D eigenvalue weighted by Gasteiger charge is 2.49. The normalized spacial score (nSPS) is 14.5. The van der Waals surface area contributed by atoms with Crippen LogP contribution in [0.15, 0.2) is 205 Å². The Bertz CT molecular complexity index is 3460. The lowest BCUT2D eigenvalue weighted by atomic mass is 9.66. The molecule has 0 aliphatic heterocycles. The van der Waals surface area contributed by atoms with Gasteiger partial charge < -0.3 is 9.32 Å². The molecule has 13 rings (SSSR count). The van der Waals surface area contributed by atoms with Crippen LogP contribution in [0.2, 0.25) is 0 Å². The predicted molar refractivity (Wildman–Crippen MR) is 258 cm³/mol. The monoisotopic (exact) mass is 791 g/mol. The summed E-state index contributed by atoms with van der Waals surface area (Å²) in [5.74, 6) is 0. The zero-order chi connectivity index (χ0) is 41.2. The van der Waals surface area contributed by atoms with Crippen LogP contribution in [-0.2, 0) is 10.8 Å². The van der Waals surface area contributed by atoms with Crippen molar-refractivity contribution in [3.8, 4) is 33.4 Å². The molecule has 0 saturated heterocycles. The molecule has 0 fully saturated rings. The maximum Gasteiger partial charge on any atom is 0.137 e. The van der Waals surface area contributed by atoms with E-state index < -0.39 is 5.41 Å².